The molecule has 0 saturated carbocycles. The number of hydrogen-bond acceptors (Lipinski definition) is 5. The molecule has 0 unspecified atom stereocenters. The fourth-order valence-corrected chi connectivity index (χ4v) is 2.37. The van der Waals surface area contributed by atoms with Gasteiger partial charge in [0.15, 0.2) is 0 Å². The van der Waals surface area contributed by atoms with Gasteiger partial charge in [0, 0.05) is 0 Å². The minimum Gasteiger partial charge on any atom is -0.496 e. The lowest BCUT2D eigenvalue weighted by Crippen LogP contribution is -2.22. The van der Waals surface area contributed by atoms with E-state index in [2.05, 4.69) is 9.47 Å². The maximum absolute atomic E-state index is 13.4. The molecule has 1 aromatic rings. The van der Waals surface area contributed by atoms with Crippen LogP contribution in [0.2, 0.25) is 0 Å². The summed E-state index contributed by atoms with van der Waals surface area (Å²) in [5, 5.41) is 0. The van der Waals surface area contributed by atoms with E-state index in [-0.39, 0.29) is 29.2 Å². The molecular weight excluding hydrogens is 329 g/mol. The fraction of sp³-hybridized carbons (Fsp3) is 0.500. The SMILES string of the molecule is COC(=O)c1c(OC)cc(C(F)(F)F)c(C(=O)OC)c1CC(C)C. The number of alkyl halides is 3. The zero-order valence-corrected chi connectivity index (χ0v) is 14.0. The van der Waals surface area contributed by atoms with Gasteiger partial charge in [-0.05, 0) is 24.0 Å². The van der Waals surface area contributed by atoms with Crippen LogP contribution in [0.4, 0.5) is 13.2 Å². The topological polar surface area (TPSA) is 61.8 Å². The van der Waals surface area contributed by atoms with Crippen LogP contribution in [0.1, 0.15) is 45.7 Å². The first kappa shape index (κ1) is 19.8. The van der Waals surface area contributed by atoms with Gasteiger partial charge in [-0.15, -0.1) is 0 Å². The highest BCUT2D eigenvalue weighted by molar-refractivity contribution is 6.01. The van der Waals surface area contributed by atoms with E-state index in [0.717, 1.165) is 21.3 Å². The van der Waals surface area contributed by atoms with Crippen molar-refractivity contribution in [3.63, 3.8) is 0 Å². The van der Waals surface area contributed by atoms with Crippen LogP contribution < -0.4 is 4.74 Å². The number of hydrogen-bond donors (Lipinski definition) is 0. The third-order valence-corrected chi connectivity index (χ3v) is 3.31. The Hall–Kier alpha value is -2.25. The Morgan fingerprint density at radius 3 is 1.92 bits per heavy atom. The van der Waals surface area contributed by atoms with Crippen molar-refractivity contribution in [1.82, 2.24) is 0 Å². The van der Waals surface area contributed by atoms with Gasteiger partial charge < -0.3 is 14.2 Å². The first-order valence-electron chi connectivity index (χ1n) is 7.06. The summed E-state index contributed by atoms with van der Waals surface area (Å²) in [6, 6.07) is 0.613. The van der Waals surface area contributed by atoms with Gasteiger partial charge >= 0.3 is 18.1 Å². The number of halogens is 3. The zero-order valence-electron chi connectivity index (χ0n) is 14.0. The van der Waals surface area contributed by atoms with Crippen molar-refractivity contribution in [2.24, 2.45) is 5.92 Å². The Balaban J connectivity index is 3.97. The monoisotopic (exact) mass is 348 g/mol. The zero-order chi connectivity index (χ0) is 18.7. The average Bonchev–Trinajstić information content (AvgIpc) is 2.50. The third kappa shape index (κ3) is 3.98. The number of carbonyl (C=O) groups excluding carboxylic acids is 2. The number of methoxy groups -OCH3 is 3. The summed E-state index contributed by atoms with van der Waals surface area (Å²) in [5.41, 5.74) is -2.22. The van der Waals surface area contributed by atoms with Gasteiger partial charge in [0.25, 0.3) is 0 Å². The molecule has 0 atom stereocenters. The van der Waals surface area contributed by atoms with E-state index in [0.29, 0.717) is 6.07 Å². The molecule has 8 heteroatoms. The van der Waals surface area contributed by atoms with Gasteiger partial charge in [-0.1, -0.05) is 13.8 Å². The predicted octanol–water partition coefficient (Wildman–Crippen LogP) is 3.49. The van der Waals surface area contributed by atoms with Crippen LogP contribution in [0.25, 0.3) is 0 Å². The maximum atomic E-state index is 13.4. The van der Waals surface area contributed by atoms with Gasteiger partial charge in [0.1, 0.15) is 11.3 Å². The van der Waals surface area contributed by atoms with Crippen LogP contribution >= 0.6 is 0 Å². The van der Waals surface area contributed by atoms with Crippen LogP contribution in [-0.2, 0) is 22.1 Å². The molecule has 0 radical (unpaired) electrons. The summed E-state index contributed by atoms with van der Waals surface area (Å²) in [7, 11) is 3.21. The highest BCUT2D eigenvalue weighted by atomic mass is 19.4. The number of carbonyl (C=O) groups is 2. The molecule has 0 aliphatic rings. The molecule has 0 spiro atoms. The standard InChI is InChI=1S/C16H19F3O5/c1-8(2)6-9-12(14(20)23-4)10(16(17,18)19)7-11(22-3)13(9)15(21)24-5/h7-8H,6H2,1-5H3. The van der Waals surface area contributed by atoms with Gasteiger partial charge in [0.05, 0.1) is 32.5 Å². The van der Waals surface area contributed by atoms with E-state index >= 15 is 0 Å². The second-order valence-electron chi connectivity index (χ2n) is 5.43. The van der Waals surface area contributed by atoms with Gasteiger partial charge in [-0.2, -0.15) is 13.2 Å². The molecule has 0 saturated heterocycles. The minimum absolute atomic E-state index is 0.0369. The minimum atomic E-state index is -4.82. The molecule has 5 nitrogen and oxygen atoms in total. The van der Waals surface area contributed by atoms with Crippen LogP contribution in [0, 0.1) is 5.92 Å². The molecule has 0 fully saturated rings. The Labute approximate surface area is 137 Å². The van der Waals surface area contributed by atoms with Gasteiger partial charge in [0.2, 0.25) is 0 Å². The Morgan fingerprint density at radius 2 is 1.54 bits per heavy atom. The highest BCUT2D eigenvalue weighted by Gasteiger charge is 2.40. The van der Waals surface area contributed by atoms with Gasteiger partial charge in [-0.25, -0.2) is 9.59 Å². The molecule has 0 heterocycles. The van der Waals surface area contributed by atoms with E-state index in [1.54, 1.807) is 13.8 Å². The number of rotatable bonds is 5. The van der Waals surface area contributed by atoms with E-state index in [4.69, 9.17) is 4.74 Å². The van der Waals surface area contributed by atoms with Crippen molar-refractivity contribution in [2.45, 2.75) is 26.4 Å². The molecule has 24 heavy (non-hydrogen) atoms. The maximum Gasteiger partial charge on any atom is 0.417 e. The summed E-state index contributed by atoms with van der Waals surface area (Å²) >= 11 is 0. The molecule has 1 rings (SSSR count). The second-order valence-corrected chi connectivity index (χ2v) is 5.43. The van der Waals surface area contributed by atoms with Crippen molar-refractivity contribution < 1.29 is 37.0 Å². The van der Waals surface area contributed by atoms with E-state index in [1.807, 2.05) is 0 Å². The number of esters is 2. The molecule has 0 aromatic heterocycles. The second kappa shape index (κ2) is 7.55. The first-order chi connectivity index (χ1) is 11.1. The smallest absolute Gasteiger partial charge is 0.417 e. The largest absolute Gasteiger partial charge is 0.496 e. The lowest BCUT2D eigenvalue weighted by Gasteiger charge is -2.21. The molecule has 0 aliphatic carbocycles. The summed E-state index contributed by atoms with van der Waals surface area (Å²) in [6.07, 6.45) is -4.79. The Bertz CT molecular complexity index is 636. The van der Waals surface area contributed by atoms with E-state index in [9.17, 15) is 22.8 Å². The van der Waals surface area contributed by atoms with Crippen molar-refractivity contribution in [1.29, 1.82) is 0 Å². The molecule has 134 valence electrons. The molecule has 0 aliphatic heterocycles. The molecular formula is C16H19F3O5. The predicted molar refractivity (Wildman–Crippen MR) is 79.2 cm³/mol. The van der Waals surface area contributed by atoms with Crippen LogP contribution in [0.15, 0.2) is 6.07 Å². The molecule has 0 N–H and O–H groups in total. The lowest BCUT2D eigenvalue weighted by molar-refractivity contribution is -0.138. The van der Waals surface area contributed by atoms with Crippen molar-refractivity contribution in [3.8, 4) is 5.75 Å². The summed E-state index contributed by atoms with van der Waals surface area (Å²) in [5.74, 6) is -2.50. The number of ether oxygens (including phenoxy) is 3. The van der Waals surface area contributed by atoms with Crippen molar-refractivity contribution in [3.05, 3.63) is 28.3 Å². The lowest BCUT2D eigenvalue weighted by atomic mass is 9.89. The van der Waals surface area contributed by atoms with E-state index in [1.165, 1.54) is 0 Å². The van der Waals surface area contributed by atoms with Crippen LogP contribution in [0.3, 0.4) is 0 Å². The van der Waals surface area contributed by atoms with Gasteiger partial charge in [-0.3, -0.25) is 0 Å². The summed E-state index contributed by atoms with van der Waals surface area (Å²) in [6.45, 7) is 3.49. The summed E-state index contributed by atoms with van der Waals surface area (Å²) in [4.78, 5) is 24.1. The molecule has 0 bridgehead atoms. The van der Waals surface area contributed by atoms with Crippen molar-refractivity contribution >= 4 is 11.9 Å². The van der Waals surface area contributed by atoms with Crippen LogP contribution in [0.5, 0.6) is 5.75 Å². The Kier molecular flexibility index (Phi) is 6.22. The molecule has 0 amide bonds. The quantitative estimate of drug-likeness (QED) is 0.763. The highest BCUT2D eigenvalue weighted by Crippen LogP contribution is 2.40. The third-order valence-electron chi connectivity index (χ3n) is 3.31. The normalized spacial score (nSPS) is 11.4. The van der Waals surface area contributed by atoms with E-state index < -0.39 is 29.2 Å². The summed E-state index contributed by atoms with van der Waals surface area (Å²) < 4.78 is 54.3. The fourth-order valence-electron chi connectivity index (χ4n) is 2.37. The van der Waals surface area contributed by atoms with Crippen LogP contribution in [-0.4, -0.2) is 33.3 Å². The van der Waals surface area contributed by atoms with Crippen molar-refractivity contribution in [2.75, 3.05) is 21.3 Å². The average molecular weight is 348 g/mol. The first-order valence-corrected chi connectivity index (χ1v) is 7.06. The Morgan fingerprint density at radius 1 is 1.04 bits per heavy atom. The number of benzene rings is 1. The molecule has 1 aromatic carbocycles.